The molecule has 0 fully saturated rings. The van der Waals surface area contributed by atoms with Crippen molar-refractivity contribution in [3.05, 3.63) is 28.8 Å². The molecule has 17 heavy (non-hydrogen) atoms. The van der Waals surface area contributed by atoms with Crippen LogP contribution in [0.15, 0.2) is 18.2 Å². The minimum atomic E-state index is -0.992. The van der Waals surface area contributed by atoms with Gasteiger partial charge in [0.15, 0.2) is 0 Å². The van der Waals surface area contributed by atoms with Gasteiger partial charge in [-0.1, -0.05) is 17.7 Å². The van der Waals surface area contributed by atoms with Gasteiger partial charge in [0.1, 0.15) is 12.4 Å². The van der Waals surface area contributed by atoms with E-state index in [1.54, 1.807) is 19.1 Å². The molecule has 1 rings (SSSR count). The average Bonchev–Trinajstić information content (AvgIpc) is 2.28. The van der Waals surface area contributed by atoms with Crippen LogP contribution in [0, 0.1) is 0 Å². The number of carboxylic acids is 1. The van der Waals surface area contributed by atoms with Crippen molar-refractivity contribution in [2.75, 3.05) is 13.2 Å². The Labute approximate surface area is 105 Å². The molecule has 1 aromatic carbocycles. The fourth-order valence-corrected chi connectivity index (χ4v) is 1.58. The molecule has 0 bridgehead atoms. The van der Waals surface area contributed by atoms with Crippen molar-refractivity contribution in [1.29, 1.82) is 0 Å². The Balaban J connectivity index is 2.71. The van der Waals surface area contributed by atoms with Gasteiger partial charge in [-0.15, -0.1) is 0 Å². The summed E-state index contributed by atoms with van der Waals surface area (Å²) in [4.78, 5) is 10.4. The summed E-state index contributed by atoms with van der Waals surface area (Å²) < 4.78 is 10.4. The van der Waals surface area contributed by atoms with E-state index in [0.29, 0.717) is 17.4 Å². The predicted molar refractivity (Wildman–Crippen MR) is 64.6 cm³/mol. The largest absolute Gasteiger partial charge is 0.492 e. The zero-order valence-electron chi connectivity index (χ0n) is 9.77. The number of carboxylic acid groups (broad SMARTS) is 1. The second-order valence-electron chi connectivity index (χ2n) is 3.47. The smallest absolute Gasteiger partial charge is 0.329 e. The van der Waals surface area contributed by atoms with Gasteiger partial charge in [-0.2, -0.15) is 0 Å². The molecule has 1 atom stereocenters. The minimum absolute atomic E-state index is 0.320. The summed E-state index contributed by atoms with van der Waals surface area (Å²) in [5.74, 6) is -0.378. The number of ether oxygens (including phenoxy) is 2. The van der Waals surface area contributed by atoms with E-state index in [1.165, 1.54) is 0 Å². The Hall–Kier alpha value is -1.26. The quantitative estimate of drug-likeness (QED) is 0.852. The van der Waals surface area contributed by atoms with E-state index in [4.69, 9.17) is 26.2 Å². The molecular formula is C12H15ClO4. The summed E-state index contributed by atoms with van der Waals surface area (Å²) in [6.45, 7) is 3.87. The lowest BCUT2D eigenvalue weighted by Gasteiger charge is -2.13. The summed E-state index contributed by atoms with van der Waals surface area (Å²) in [6, 6.07) is 5.28. The first-order chi connectivity index (χ1) is 8.04. The Bertz CT molecular complexity index is 392. The number of benzene rings is 1. The van der Waals surface area contributed by atoms with E-state index in [2.05, 4.69) is 0 Å². The fraction of sp³-hybridized carbons (Fsp3) is 0.417. The second kappa shape index (κ2) is 6.47. The van der Waals surface area contributed by atoms with Gasteiger partial charge in [-0.25, -0.2) is 4.79 Å². The van der Waals surface area contributed by atoms with Gasteiger partial charge in [0.05, 0.1) is 17.7 Å². The Morgan fingerprint density at radius 1 is 1.53 bits per heavy atom. The monoisotopic (exact) mass is 258 g/mol. The highest BCUT2D eigenvalue weighted by Crippen LogP contribution is 2.28. The van der Waals surface area contributed by atoms with Crippen LogP contribution in [0.4, 0.5) is 0 Å². The standard InChI is InChI=1S/C12H15ClO4/c1-3-16-11-5-4-9(6-10(11)13)8(2)17-7-12(14)15/h4-6,8H,3,7H2,1-2H3,(H,14,15). The third-order valence-corrected chi connectivity index (χ3v) is 2.48. The SMILES string of the molecule is CCOc1ccc(C(C)OCC(=O)O)cc1Cl. The lowest BCUT2D eigenvalue weighted by molar-refractivity contribution is -0.144. The minimum Gasteiger partial charge on any atom is -0.492 e. The number of halogens is 1. The summed E-state index contributed by atoms with van der Waals surface area (Å²) in [5.41, 5.74) is 0.819. The molecule has 1 unspecified atom stereocenters. The van der Waals surface area contributed by atoms with Gasteiger partial charge in [-0.05, 0) is 31.5 Å². The van der Waals surface area contributed by atoms with Gasteiger partial charge in [0.2, 0.25) is 0 Å². The van der Waals surface area contributed by atoms with E-state index < -0.39 is 5.97 Å². The van der Waals surface area contributed by atoms with E-state index in [1.807, 2.05) is 13.0 Å². The maximum atomic E-state index is 10.4. The van der Waals surface area contributed by atoms with Crippen molar-refractivity contribution in [1.82, 2.24) is 0 Å². The van der Waals surface area contributed by atoms with Crippen LogP contribution in [0.25, 0.3) is 0 Å². The number of carbonyl (C=O) groups is 1. The third-order valence-electron chi connectivity index (χ3n) is 2.18. The Kier molecular flexibility index (Phi) is 5.25. The molecule has 0 heterocycles. The molecule has 0 aliphatic heterocycles. The molecule has 0 spiro atoms. The van der Waals surface area contributed by atoms with Gasteiger partial charge in [-0.3, -0.25) is 0 Å². The highest BCUT2D eigenvalue weighted by atomic mass is 35.5. The molecule has 5 heteroatoms. The first kappa shape index (κ1) is 13.8. The summed E-state index contributed by atoms with van der Waals surface area (Å²) in [5, 5.41) is 9.00. The normalized spacial score (nSPS) is 12.2. The molecule has 0 aliphatic carbocycles. The fourth-order valence-electron chi connectivity index (χ4n) is 1.34. The van der Waals surface area contributed by atoms with E-state index in [9.17, 15) is 4.79 Å². The summed E-state index contributed by atoms with van der Waals surface area (Å²) in [6.07, 6.45) is -0.320. The Morgan fingerprint density at radius 2 is 2.24 bits per heavy atom. The van der Waals surface area contributed by atoms with E-state index in [-0.39, 0.29) is 12.7 Å². The summed E-state index contributed by atoms with van der Waals surface area (Å²) >= 11 is 6.02. The van der Waals surface area contributed by atoms with Crippen LogP contribution in [-0.4, -0.2) is 24.3 Å². The van der Waals surface area contributed by atoms with Gasteiger partial charge in [0.25, 0.3) is 0 Å². The maximum Gasteiger partial charge on any atom is 0.329 e. The van der Waals surface area contributed by atoms with Crippen molar-refractivity contribution >= 4 is 17.6 Å². The molecule has 0 aromatic heterocycles. The highest BCUT2D eigenvalue weighted by molar-refractivity contribution is 6.32. The molecule has 0 amide bonds. The number of aliphatic carboxylic acids is 1. The van der Waals surface area contributed by atoms with E-state index >= 15 is 0 Å². The lowest BCUT2D eigenvalue weighted by Crippen LogP contribution is -2.10. The maximum absolute atomic E-state index is 10.4. The van der Waals surface area contributed by atoms with Crippen LogP contribution in [0.3, 0.4) is 0 Å². The second-order valence-corrected chi connectivity index (χ2v) is 3.88. The van der Waals surface area contributed by atoms with Crippen molar-refractivity contribution in [3.63, 3.8) is 0 Å². The first-order valence-electron chi connectivity index (χ1n) is 5.30. The van der Waals surface area contributed by atoms with Crippen LogP contribution < -0.4 is 4.74 Å². The van der Waals surface area contributed by atoms with Gasteiger partial charge < -0.3 is 14.6 Å². The zero-order valence-corrected chi connectivity index (χ0v) is 10.5. The van der Waals surface area contributed by atoms with Crippen LogP contribution in [0.1, 0.15) is 25.5 Å². The third kappa shape index (κ3) is 4.24. The van der Waals surface area contributed by atoms with Crippen molar-refractivity contribution in [2.45, 2.75) is 20.0 Å². The van der Waals surface area contributed by atoms with Gasteiger partial charge in [0, 0.05) is 0 Å². The molecular weight excluding hydrogens is 244 g/mol. The lowest BCUT2D eigenvalue weighted by atomic mass is 10.1. The number of hydrogen-bond donors (Lipinski definition) is 1. The molecule has 94 valence electrons. The molecule has 1 aromatic rings. The average molecular weight is 259 g/mol. The molecule has 1 N–H and O–H groups in total. The summed E-state index contributed by atoms with van der Waals surface area (Å²) in [7, 11) is 0. The first-order valence-corrected chi connectivity index (χ1v) is 5.68. The topological polar surface area (TPSA) is 55.8 Å². The zero-order chi connectivity index (χ0) is 12.8. The van der Waals surface area contributed by atoms with Crippen LogP contribution in [0.2, 0.25) is 5.02 Å². The van der Waals surface area contributed by atoms with Crippen LogP contribution in [-0.2, 0) is 9.53 Å². The van der Waals surface area contributed by atoms with Crippen molar-refractivity contribution in [3.8, 4) is 5.75 Å². The van der Waals surface area contributed by atoms with Gasteiger partial charge >= 0.3 is 5.97 Å². The van der Waals surface area contributed by atoms with Crippen LogP contribution in [0.5, 0.6) is 5.75 Å². The molecule has 0 aliphatic rings. The molecule has 4 nitrogen and oxygen atoms in total. The molecule has 0 saturated heterocycles. The van der Waals surface area contributed by atoms with Crippen molar-refractivity contribution < 1.29 is 19.4 Å². The number of hydrogen-bond acceptors (Lipinski definition) is 3. The highest BCUT2D eigenvalue weighted by Gasteiger charge is 2.10. The Morgan fingerprint density at radius 3 is 2.76 bits per heavy atom. The molecule has 0 saturated carbocycles. The molecule has 0 radical (unpaired) electrons. The predicted octanol–water partition coefficient (Wildman–Crippen LogP) is 2.90. The number of rotatable bonds is 6. The van der Waals surface area contributed by atoms with E-state index in [0.717, 1.165) is 5.56 Å². The van der Waals surface area contributed by atoms with Crippen LogP contribution >= 0.6 is 11.6 Å². The van der Waals surface area contributed by atoms with Crippen molar-refractivity contribution in [2.24, 2.45) is 0 Å².